The zero-order valence-corrected chi connectivity index (χ0v) is 11.2. The maximum Gasteiger partial charge on any atom is 0.279 e. The van der Waals surface area contributed by atoms with Crippen molar-refractivity contribution in [3.8, 4) is 0 Å². The lowest BCUT2D eigenvalue weighted by Crippen LogP contribution is -2.50. The molecule has 5 nitrogen and oxygen atoms in total. The van der Waals surface area contributed by atoms with Crippen molar-refractivity contribution >= 4 is 21.5 Å². The third-order valence-electron chi connectivity index (χ3n) is 2.69. The number of rotatable bonds is 5. The normalized spacial score (nSPS) is 18.4. The highest BCUT2D eigenvalue weighted by Gasteiger charge is 2.22. The van der Waals surface area contributed by atoms with Crippen molar-refractivity contribution in [2.75, 3.05) is 32.7 Å². The Morgan fingerprint density at radius 3 is 2.82 bits per heavy atom. The van der Waals surface area contributed by atoms with E-state index < -0.39 is 10.2 Å². The topological polar surface area (TPSA) is 61.4 Å². The second kappa shape index (κ2) is 5.92. The van der Waals surface area contributed by atoms with Crippen LogP contribution >= 0.6 is 11.3 Å². The predicted octanol–water partition coefficient (Wildman–Crippen LogP) is 0.0302. The molecule has 1 aromatic rings. The van der Waals surface area contributed by atoms with E-state index >= 15 is 0 Å². The Kier molecular flexibility index (Phi) is 4.52. The van der Waals surface area contributed by atoms with E-state index in [0.29, 0.717) is 19.6 Å². The minimum Gasteiger partial charge on any atom is -0.314 e. The van der Waals surface area contributed by atoms with Gasteiger partial charge in [0, 0.05) is 32.7 Å². The molecule has 1 saturated heterocycles. The molecule has 0 aliphatic carbocycles. The van der Waals surface area contributed by atoms with E-state index in [1.165, 1.54) is 9.87 Å². The van der Waals surface area contributed by atoms with Crippen LogP contribution < -0.4 is 10.0 Å². The lowest BCUT2D eigenvalue weighted by molar-refractivity contribution is 0.355. The number of nitrogens with zero attached hydrogens (tertiary/aromatic N) is 1. The minimum atomic E-state index is -3.29. The summed E-state index contributed by atoms with van der Waals surface area (Å²) in [6.45, 7) is 3.02. The molecule has 0 aromatic carbocycles. The van der Waals surface area contributed by atoms with Crippen LogP contribution in [-0.2, 0) is 16.6 Å². The van der Waals surface area contributed by atoms with Gasteiger partial charge in [0.05, 0.1) is 0 Å². The summed E-state index contributed by atoms with van der Waals surface area (Å²) in [6.07, 6.45) is 0.745. The van der Waals surface area contributed by atoms with Crippen molar-refractivity contribution in [3.63, 3.8) is 0 Å². The first-order valence-corrected chi connectivity index (χ1v) is 8.03. The second-order valence-corrected chi connectivity index (χ2v) is 6.47. The van der Waals surface area contributed by atoms with Crippen LogP contribution in [-0.4, -0.2) is 45.4 Å². The van der Waals surface area contributed by atoms with E-state index in [4.69, 9.17) is 0 Å². The van der Waals surface area contributed by atoms with Crippen LogP contribution in [0.3, 0.4) is 0 Å². The van der Waals surface area contributed by atoms with E-state index in [9.17, 15) is 8.42 Å². The Labute approximate surface area is 106 Å². The first kappa shape index (κ1) is 13.0. The van der Waals surface area contributed by atoms with Crippen LogP contribution in [0.5, 0.6) is 0 Å². The van der Waals surface area contributed by atoms with Crippen LogP contribution in [0.15, 0.2) is 16.8 Å². The highest BCUT2D eigenvalue weighted by Crippen LogP contribution is 2.06. The summed E-state index contributed by atoms with van der Waals surface area (Å²) in [6, 6.07) is 2.02. The lowest BCUT2D eigenvalue weighted by Gasteiger charge is -2.26. The summed E-state index contributed by atoms with van der Waals surface area (Å²) in [4.78, 5) is 0. The van der Waals surface area contributed by atoms with E-state index in [1.807, 2.05) is 16.8 Å². The van der Waals surface area contributed by atoms with Gasteiger partial charge in [0.25, 0.3) is 10.2 Å². The van der Waals surface area contributed by atoms with Crippen LogP contribution in [0.25, 0.3) is 0 Å². The fourth-order valence-corrected chi connectivity index (χ4v) is 3.64. The second-order valence-electron chi connectivity index (χ2n) is 3.93. The van der Waals surface area contributed by atoms with Crippen molar-refractivity contribution in [3.05, 3.63) is 22.4 Å². The van der Waals surface area contributed by atoms with Gasteiger partial charge in [-0.3, -0.25) is 0 Å². The molecule has 1 aliphatic heterocycles. The van der Waals surface area contributed by atoms with Gasteiger partial charge in [0.15, 0.2) is 0 Å². The van der Waals surface area contributed by atoms with Crippen molar-refractivity contribution in [1.82, 2.24) is 14.3 Å². The summed E-state index contributed by atoms with van der Waals surface area (Å²) in [5.74, 6) is 0. The van der Waals surface area contributed by atoms with E-state index in [0.717, 1.165) is 19.5 Å². The van der Waals surface area contributed by atoms with Gasteiger partial charge in [0.1, 0.15) is 0 Å². The lowest BCUT2D eigenvalue weighted by atomic mass is 10.2. The maximum absolute atomic E-state index is 11.9. The molecule has 1 aromatic heterocycles. The molecular formula is C10H17N3O2S2. The molecule has 17 heavy (non-hydrogen) atoms. The highest BCUT2D eigenvalue weighted by atomic mass is 32.2. The summed E-state index contributed by atoms with van der Waals surface area (Å²) < 4.78 is 27.9. The van der Waals surface area contributed by atoms with Crippen molar-refractivity contribution in [1.29, 1.82) is 0 Å². The summed E-state index contributed by atoms with van der Waals surface area (Å²) in [7, 11) is -3.29. The van der Waals surface area contributed by atoms with Gasteiger partial charge >= 0.3 is 0 Å². The molecule has 0 bridgehead atoms. The third kappa shape index (κ3) is 3.75. The zero-order chi connectivity index (χ0) is 12.1. The fraction of sp³-hybridized carbons (Fsp3) is 0.600. The van der Waals surface area contributed by atoms with E-state index in [2.05, 4.69) is 10.0 Å². The van der Waals surface area contributed by atoms with Gasteiger partial charge in [-0.1, -0.05) is 0 Å². The van der Waals surface area contributed by atoms with Crippen LogP contribution in [0.1, 0.15) is 5.56 Å². The molecule has 7 heteroatoms. The molecule has 2 N–H and O–H groups in total. The Morgan fingerprint density at radius 1 is 1.41 bits per heavy atom. The van der Waals surface area contributed by atoms with Crippen LogP contribution in [0.2, 0.25) is 0 Å². The van der Waals surface area contributed by atoms with Gasteiger partial charge in [-0.2, -0.15) is 24.1 Å². The average Bonchev–Trinajstić information content (AvgIpc) is 2.83. The zero-order valence-electron chi connectivity index (χ0n) is 9.55. The van der Waals surface area contributed by atoms with Gasteiger partial charge in [-0.15, -0.1) is 0 Å². The molecule has 96 valence electrons. The van der Waals surface area contributed by atoms with Gasteiger partial charge in [-0.05, 0) is 28.8 Å². The molecular weight excluding hydrogens is 258 g/mol. The SMILES string of the molecule is O=S(=O)(NCCc1ccsc1)N1CCNCC1. The first-order valence-electron chi connectivity index (χ1n) is 5.65. The minimum absolute atomic E-state index is 0.461. The van der Waals surface area contributed by atoms with Gasteiger partial charge in [-0.25, -0.2) is 4.72 Å². The Bertz CT molecular complexity index is 424. The highest BCUT2D eigenvalue weighted by molar-refractivity contribution is 7.87. The molecule has 1 fully saturated rings. The van der Waals surface area contributed by atoms with E-state index in [-0.39, 0.29) is 0 Å². The summed E-state index contributed by atoms with van der Waals surface area (Å²) in [5, 5.41) is 7.17. The van der Waals surface area contributed by atoms with E-state index in [1.54, 1.807) is 11.3 Å². The molecule has 1 aliphatic rings. The Balaban J connectivity index is 1.80. The largest absolute Gasteiger partial charge is 0.314 e. The maximum atomic E-state index is 11.9. The van der Waals surface area contributed by atoms with Crippen molar-refractivity contribution < 1.29 is 8.42 Å². The number of hydrogen-bond acceptors (Lipinski definition) is 4. The van der Waals surface area contributed by atoms with Crippen LogP contribution in [0, 0.1) is 0 Å². The molecule has 2 heterocycles. The molecule has 0 amide bonds. The molecule has 0 atom stereocenters. The number of thiophene rings is 1. The van der Waals surface area contributed by atoms with Crippen molar-refractivity contribution in [2.45, 2.75) is 6.42 Å². The number of hydrogen-bond donors (Lipinski definition) is 2. The summed E-state index contributed by atoms with van der Waals surface area (Å²) >= 11 is 1.63. The summed E-state index contributed by atoms with van der Waals surface area (Å²) in [5.41, 5.74) is 1.18. The average molecular weight is 275 g/mol. The first-order chi connectivity index (χ1) is 8.18. The van der Waals surface area contributed by atoms with Crippen LogP contribution in [0.4, 0.5) is 0 Å². The van der Waals surface area contributed by atoms with Gasteiger partial charge < -0.3 is 5.32 Å². The Hall–Kier alpha value is -0.470. The number of nitrogens with one attached hydrogen (secondary N) is 2. The molecule has 0 saturated carbocycles. The molecule has 0 unspecified atom stereocenters. The van der Waals surface area contributed by atoms with Crippen molar-refractivity contribution in [2.24, 2.45) is 0 Å². The monoisotopic (exact) mass is 275 g/mol. The Morgan fingerprint density at radius 2 is 2.18 bits per heavy atom. The fourth-order valence-electron chi connectivity index (χ4n) is 1.74. The smallest absolute Gasteiger partial charge is 0.279 e. The molecule has 0 radical (unpaired) electrons. The predicted molar refractivity (Wildman–Crippen MR) is 69.4 cm³/mol. The van der Waals surface area contributed by atoms with Gasteiger partial charge in [0.2, 0.25) is 0 Å². The molecule has 0 spiro atoms. The third-order valence-corrected chi connectivity index (χ3v) is 5.04. The number of piperazine rings is 1. The molecule has 2 rings (SSSR count). The quantitative estimate of drug-likeness (QED) is 0.797. The standard InChI is InChI=1S/C10H17N3O2S2/c14-17(15,13-6-4-11-5-7-13)12-3-1-10-2-8-16-9-10/h2,8-9,11-12H,1,3-7H2.